The van der Waals surface area contributed by atoms with E-state index in [1.54, 1.807) is 65.1 Å². The van der Waals surface area contributed by atoms with E-state index in [0.717, 1.165) is 51.5 Å². The normalized spacial score (nSPS) is 13.3. The van der Waals surface area contributed by atoms with Gasteiger partial charge in [0.25, 0.3) is 15.9 Å². The van der Waals surface area contributed by atoms with Gasteiger partial charge in [-0.1, -0.05) is 42.5 Å². The number of carbonyl (C=O) groups excluding carboxylic acids is 1. The van der Waals surface area contributed by atoms with Gasteiger partial charge in [0.2, 0.25) is 0 Å². The maximum atomic E-state index is 13.6. The SMILES string of the molecule is O=C(Nc1sc2c(c1-c1nc3ccccc3s1)CCCC2)c1ccccc1NS(=O)(=O)c1ccccc1. The second-order valence-electron chi connectivity index (χ2n) is 8.82. The number of nitrogens with zero attached hydrogens (tertiary/aromatic N) is 1. The Labute approximate surface area is 223 Å². The van der Waals surface area contributed by atoms with E-state index in [1.165, 1.54) is 22.6 Å². The van der Waals surface area contributed by atoms with Crippen molar-refractivity contribution in [3.8, 4) is 10.6 Å². The first-order chi connectivity index (χ1) is 18.0. The number of nitrogens with one attached hydrogen (secondary N) is 2. The number of aryl methyl sites for hydroxylation is 1. The van der Waals surface area contributed by atoms with Crippen LogP contribution in [0.4, 0.5) is 10.7 Å². The molecule has 0 spiro atoms. The molecule has 1 aliphatic carbocycles. The Morgan fingerprint density at radius 1 is 0.838 bits per heavy atom. The van der Waals surface area contributed by atoms with Gasteiger partial charge in [-0.3, -0.25) is 9.52 Å². The second-order valence-corrected chi connectivity index (χ2v) is 12.6. The number of benzene rings is 3. The third kappa shape index (κ3) is 4.66. The lowest BCUT2D eigenvalue weighted by molar-refractivity contribution is 0.102. The number of carbonyl (C=O) groups is 1. The van der Waals surface area contributed by atoms with E-state index in [0.29, 0.717) is 0 Å². The summed E-state index contributed by atoms with van der Waals surface area (Å²) in [7, 11) is -3.85. The van der Waals surface area contributed by atoms with E-state index >= 15 is 0 Å². The summed E-state index contributed by atoms with van der Waals surface area (Å²) < 4.78 is 29.6. The van der Waals surface area contributed by atoms with Gasteiger partial charge in [-0.15, -0.1) is 22.7 Å². The molecule has 0 fully saturated rings. The molecule has 0 saturated heterocycles. The molecule has 5 aromatic rings. The van der Waals surface area contributed by atoms with Crippen molar-refractivity contribution in [1.82, 2.24) is 4.98 Å². The zero-order valence-electron chi connectivity index (χ0n) is 19.7. The van der Waals surface area contributed by atoms with Crippen molar-refractivity contribution >= 4 is 59.5 Å². The van der Waals surface area contributed by atoms with Gasteiger partial charge in [-0.25, -0.2) is 13.4 Å². The van der Waals surface area contributed by atoms with Gasteiger partial charge in [0.1, 0.15) is 10.0 Å². The summed E-state index contributed by atoms with van der Waals surface area (Å²) in [5.74, 6) is -0.368. The molecule has 9 heteroatoms. The minimum absolute atomic E-state index is 0.134. The topological polar surface area (TPSA) is 88.2 Å². The Bertz CT molecular complexity index is 1690. The highest BCUT2D eigenvalue weighted by Crippen LogP contribution is 2.46. The Balaban J connectivity index is 1.36. The second kappa shape index (κ2) is 9.74. The molecule has 0 bridgehead atoms. The van der Waals surface area contributed by atoms with Gasteiger partial charge in [0.05, 0.1) is 26.4 Å². The molecular formula is C28H23N3O3S3. The fourth-order valence-electron chi connectivity index (χ4n) is 4.60. The van der Waals surface area contributed by atoms with E-state index in [2.05, 4.69) is 16.1 Å². The van der Waals surface area contributed by atoms with Gasteiger partial charge in [-0.05, 0) is 67.6 Å². The van der Waals surface area contributed by atoms with Crippen LogP contribution in [-0.4, -0.2) is 19.3 Å². The minimum atomic E-state index is -3.85. The molecule has 0 aliphatic heterocycles. The van der Waals surface area contributed by atoms with Crippen molar-refractivity contribution in [2.75, 3.05) is 10.0 Å². The summed E-state index contributed by atoms with van der Waals surface area (Å²) in [6, 6.07) is 22.8. The highest BCUT2D eigenvalue weighted by Gasteiger charge is 2.26. The smallest absolute Gasteiger partial charge is 0.261 e. The van der Waals surface area contributed by atoms with Crippen molar-refractivity contribution in [2.24, 2.45) is 0 Å². The van der Waals surface area contributed by atoms with Crippen LogP contribution in [0.2, 0.25) is 0 Å². The van der Waals surface area contributed by atoms with Crippen LogP contribution >= 0.6 is 22.7 Å². The van der Waals surface area contributed by atoms with E-state index in [4.69, 9.17) is 4.98 Å². The highest BCUT2D eigenvalue weighted by molar-refractivity contribution is 7.92. The fourth-order valence-corrected chi connectivity index (χ4v) is 8.10. The maximum Gasteiger partial charge on any atom is 0.261 e. The zero-order valence-corrected chi connectivity index (χ0v) is 22.2. The number of thiazole rings is 1. The molecule has 2 N–H and O–H groups in total. The summed E-state index contributed by atoms with van der Waals surface area (Å²) in [5.41, 5.74) is 3.69. The number of sulfonamides is 1. The molecule has 1 aliphatic rings. The number of hydrogen-bond donors (Lipinski definition) is 2. The van der Waals surface area contributed by atoms with Crippen LogP contribution in [0.1, 0.15) is 33.6 Å². The van der Waals surface area contributed by atoms with Gasteiger partial charge < -0.3 is 5.32 Å². The lowest BCUT2D eigenvalue weighted by Crippen LogP contribution is -2.18. The summed E-state index contributed by atoms with van der Waals surface area (Å²) in [6.07, 6.45) is 4.19. The molecule has 2 aromatic heterocycles. The summed E-state index contributed by atoms with van der Waals surface area (Å²) in [6.45, 7) is 0. The number of anilines is 2. The van der Waals surface area contributed by atoms with Crippen LogP contribution in [-0.2, 0) is 22.9 Å². The molecule has 6 nitrogen and oxygen atoms in total. The molecule has 3 aromatic carbocycles. The average molecular weight is 546 g/mol. The molecular weight excluding hydrogens is 523 g/mol. The van der Waals surface area contributed by atoms with Gasteiger partial charge in [-0.2, -0.15) is 0 Å². The molecule has 37 heavy (non-hydrogen) atoms. The maximum absolute atomic E-state index is 13.6. The lowest BCUT2D eigenvalue weighted by atomic mass is 9.95. The van der Waals surface area contributed by atoms with Crippen LogP contribution in [0.5, 0.6) is 0 Å². The predicted octanol–water partition coefficient (Wildman–Crippen LogP) is 6.96. The molecule has 2 heterocycles. The summed E-state index contributed by atoms with van der Waals surface area (Å²) in [5, 5.41) is 4.76. The fraction of sp³-hybridized carbons (Fsp3) is 0.143. The average Bonchev–Trinajstić information content (AvgIpc) is 3.50. The Morgan fingerprint density at radius 2 is 1.57 bits per heavy atom. The van der Waals surface area contributed by atoms with Crippen LogP contribution in [0, 0.1) is 0 Å². The molecule has 0 radical (unpaired) electrons. The van der Waals surface area contributed by atoms with E-state index < -0.39 is 10.0 Å². The van der Waals surface area contributed by atoms with E-state index in [-0.39, 0.29) is 22.1 Å². The monoisotopic (exact) mass is 545 g/mol. The van der Waals surface area contributed by atoms with Crippen LogP contribution in [0.3, 0.4) is 0 Å². The van der Waals surface area contributed by atoms with Crippen molar-refractivity contribution in [3.63, 3.8) is 0 Å². The first kappa shape index (κ1) is 23.8. The number of hydrogen-bond acceptors (Lipinski definition) is 6. The number of amides is 1. The Kier molecular flexibility index (Phi) is 6.27. The van der Waals surface area contributed by atoms with Crippen LogP contribution < -0.4 is 10.0 Å². The predicted molar refractivity (Wildman–Crippen MR) is 151 cm³/mol. The number of rotatable bonds is 6. The molecule has 186 valence electrons. The third-order valence-corrected chi connectivity index (χ3v) is 10.0. The Hall–Kier alpha value is -3.53. The number of fused-ring (bicyclic) bond motifs is 2. The highest BCUT2D eigenvalue weighted by atomic mass is 32.2. The van der Waals surface area contributed by atoms with Gasteiger partial charge in [0, 0.05) is 10.4 Å². The first-order valence-electron chi connectivity index (χ1n) is 12.0. The number of thiophene rings is 1. The number of para-hydroxylation sites is 2. The van der Waals surface area contributed by atoms with Crippen molar-refractivity contribution < 1.29 is 13.2 Å². The first-order valence-corrected chi connectivity index (χ1v) is 15.1. The van der Waals surface area contributed by atoms with Gasteiger partial charge >= 0.3 is 0 Å². The van der Waals surface area contributed by atoms with Crippen molar-refractivity contribution in [3.05, 3.63) is 94.9 Å². The minimum Gasteiger partial charge on any atom is -0.313 e. The van der Waals surface area contributed by atoms with E-state index in [1.807, 2.05) is 18.2 Å². The molecule has 0 atom stereocenters. The van der Waals surface area contributed by atoms with Crippen LogP contribution in [0.15, 0.2) is 83.8 Å². The quantitative estimate of drug-likeness (QED) is 0.242. The van der Waals surface area contributed by atoms with Crippen molar-refractivity contribution in [1.29, 1.82) is 0 Å². The van der Waals surface area contributed by atoms with Crippen LogP contribution in [0.25, 0.3) is 20.8 Å². The molecule has 6 rings (SSSR count). The van der Waals surface area contributed by atoms with Crippen molar-refractivity contribution in [2.45, 2.75) is 30.6 Å². The largest absolute Gasteiger partial charge is 0.313 e. The summed E-state index contributed by atoms with van der Waals surface area (Å²) in [4.78, 5) is 19.9. The molecule has 0 unspecified atom stereocenters. The van der Waals surface area contributed by atoms with Gasteiger partial charge in [0.15, 0.2) is 0 Å². The zero-order chi connectivity index (χ0) is 25.4. The number of aromatic nitrogens is 1. The third-order valence-electron chi connectivity index (χ3n) is 6.38. The molecule has 1 amide bonds. The molecule has 0 saturated carbocycles. The van der Waals surface area contributed by atoms with E-state index in [9.17, 15) is 13.2 Å². The standard InChI is InChI=1S/C28H23N3O3S3/c32-26(19-12-4-6-14-21(19)31-37(33,34)18-10-2-1-3-11-18)30-28-25(20-13-5-8-16-23(20)35-28)27-29-22-15-7-9-17-24(22)36-27/h1-4,6-7,9-12,14-15,17,31H,5,8,13,16H2,(H,30,32). The Morgan fingerprint density at radius 3 is 2.41 bits per heavy atom. The lowest BCUT2D eigenvalue weighted by Gasteiger charge is -2.13. The summed E-state index contributed by atoms with van der Waals surface area (Å²) >= 11 is 3.23.